The molecule has 4 nitrogen and oxygen atoms in total. The van der Waals surface area contributed by atoms with Gasteiger partial charge in [0, 0.05) is 6.42 Å². The molecule has 2 unspecified atom stereocenters. The maximum atomic E-state index is 12.0. The predicted octanol–water partition coefficient (Wildman–Crippen LogP) is 2.30. The molecule has 0 saturated heterocycles. The third kappa shape index (κ3) is 1.86. The third-order valence-electron chi connectivity index (χ3n) is 4.12. The van der Waals surface area contributed by atoms with Gasteiger partial charge in [0.2, 0.25) is 0 Å². The van der Waals surface area contributed by atoms with E-state index in [9.17, 15) is 4.79 Å². The Morgan fingerprint density at radius 1 is 1.32 bits per heavy atom. The zero-order valence-corrected chi connectivity index (χ0v) is 11.3. The second-order valence-electron chi connectivity index (χ2n) is 5.28. The van der Waals surface area contributed by atoms with Crippen molar-refractivity contribution in [2.75, 3.05) is 20.3 Å². The van der Waals surface area contributed by atoms with Gasteiger partial charge >= 0.3 is 5.97 Å². The number of methoxy groups -OCH3 is 1. The van der Waals surface area contributed by atoms with Crippen molar-refractivity contribution >= 4 is 5.97 Å². The van der Waals surface area contributed by atoms with Crippen LogP contribution in [0.25, 0.3) is 0 Å². The van der Waals surface area contributed by atoms with E-state index in [-0.39, 0.29) is 5.97 Å². The van der Waals surface area contributed by atoms with E-state index >= 15 is 0 Å². The number of carbonyl (C=O) groups excluding carboxylic acids is 1. The molecule has 0 radical (unpaired) electrons. The second kappa shape index (κ2) is 4.44. The molecule has 1 saturated carbocycles. The Morgan fingerprint density at radius 2 is 2.00 bits per heavy atom. The Bertz CT molecular complexity index is 511. The van der Waals surface area contributed by atoms with Gasteiger partial charge in [-0.2, -0.15) is 0 Å². The highest BCUT2D eigenvalue weighted by Crippen LogP contribution is 2.55. The van der Waals surface area contributed by atoms with Crippen molar-refractivity contribution in [2.24, 2.45) is 5.92 Å². The normalized spacial score (nSPS) is 28.4. The van der Waals surface area contributed by atoms with Gasteiger partial charge in [0.05, 0.1) is 25.7 Å². The molecule has 1 aliphatic heterocycles. The Balaban J connectivity index is 1.98. The summed E-state index contributed by atoms with van der Waals surface area (Å²) < 4.78 is 16.3. The average molecular weight is 262 g/mol. The van der Waals surface area contributed by atoms with E-state index in [0.717, 1.165) is 29.9 Å². The number of ether oxygens (including phenoxy) is 3. The fourth-order valence-electron chi connectivity index (χ4n) is 2.85. The van der Waals surface area contributed by atoms with Crippen LogP contribution in [0.4, 0.5) is 0 Å². The molecule has 0 aromatic heterocycles. The van der Waals surface area contributed by atoms with Crippen LogP contribution in [0.3, 0.4) is 0 Å². The fourth-order valence-corrected chi connectivity index (χ4v) is 2.85. The molecule has 1 aromatic rings. The number of rotatable bonds is 2. The number of esters is 1. The lowest BCUT2D eigenvalue weighted by Crippen LogP contribution is -2.24. The predicted molar refractivity (Wildman–Crippen MR) is 69.5 cm³/mol. The van der Waals surface area contributed by atoms with Crippen LogP contribution in [0, 0.1) is 5.92 Å². The van der Waals surface area contributed by atoms with Gasteiger partial charge in [0.1, 0.15) is 0 Å². The largest absolute Gasteiger partial charge is 0.490 e. The van der Waals surface area contributed by atoms with E-state index in [0.29, 0.717) is 19.1 Å². The van der Waals surface area contributed by atoms with Crippen LogP contribution in [0.1, 0.15) is 25.3 Å². The van der Waals surface area contributed by atoms with Crippen LogP contribution < -0.4 is 9.47 Å². The first-order valence-electron chi connectivity index (χ1n) is 6.67. The van der Waals surface area contributed by atoms with Gasteiger partial charge in [0.25, 0.3) is 0 Å². The average Bonchev–Trinajstić information content (AvgIpc) is 3.15. The van der Waals surface area contributed by atoms with Crippen molar-refractivity contribution in [1.29, 1.82) is 0 Å². The van der Waals surface area contributed by atoms with Gasteiger partial charge in [-0.3, -0.25) is 4.79 Å². The first kappa shape index (κ1) is 12.3. The molecule has 3 rings (SSSR count). The van der Waals surface area contributed by atoms with E-state index in [1.807, 2.05) is 18.2 Å². The molecule has 4 heteroatoms. The van der Waals surface area contributed by atoms with Crippen LogP contribution in [0.5, 0.6) is 11.5 Å². The lowest BCUT2D eigenvalue weighted by Gasteiger charge is -2.16. The summed E-state index contributed by atoms with van der Waals surface area (Å²) in [5.74, 6) is 1.64. The molecule has 0 N–H and O–H groups in total. The van der Waals surface area contributed by atoms with Crippen molar-refractivity contribution in [3.8, 4) is 11.5 Å². The monoisotopic (exact) mass is 262 g/mol. The zero-order valence-electron chi connectivity index (χ0n) is 11.3. The Kier molecular flexibility index (Phi) is 2.88. The standard InChI is InChI=1S/C15H18O4/c1-10-9-15(10,14(16)17-2)11-4-5-12-13(8-11)19-7-3-6-18-12/h4-5,8,10H,3,6-7,9H2,1-2H3. The molecule has 0 bridgehead atoms. The molecule has 1 aliphatic carbocycles. The number of benzene rings is 1. The molecule has 102 valence electrons. The minimum atomic E-state index is -0.487. The van der Waals surface area contributed by atoms with E-state index in [1.165, 1.54) is 7.11 Å². The van der Waals surface area contributed by atoms with Crippen LogP contribution in [-0.2, 0) is 14.9 Å². The molecule has 1 aromatic carbocycles. The molecule has 1 fully saturated rings. The molecule has 2 aliphatic rings. The van der Waals surface area contributed by atoms with E-state index in [1.54, 1.807) is 0 Å². The highest BCUT2D eigenvalue weighted by molar-refractivity contribution is 5.87. The summed E-state index contributed by atoms with van der Waals surface area (Å²) in [6.45, 7) is 3.39. The first-order valence-corrected chi connectivity index (χ1v) is 6.67. The van der Waals surface area contributed by atoms with Crippen LogP contribution in [-0.4, -0.2) is 26.3 Å². The highest BCUT2D eigenvalue weighted by atomic mass is 16.5. The maximum absolute atomic E-state index is 12.0. The smallest absolute Gasteiger partial charge is 0.316 e. The molecule has 0 spiro atoms. The lowest BCUT2D eigenvalue weighted by atomic mass is 9.93. The van der Waals surface area contributed by atoms with E-state index in [2.05, 4.69) is 6.92 Å². The molecular formula is C15H18O4. The summed E-state index contributed by atoms with van der Waals surface area (Å²) in [5.41, 5.74) is 0.482. The minimum absolute atomic E-state index is 0.158. The number of fused-ring (bicyclic) bond motifs is 1. The third-order valence-corrected chi connectivity index (χ3v) is 4.12. The zero-order chi connectivity index (χ0) is 13.5. The van der Waals surface area contributed by atoms with Crippen molar-refractivity contribution in [1.82, 2.24) is 0 Å². The van der Waals surface area contributed by atoms with Crippen LogP contribution in [0.15, 0.2) is 18.2 Å². The number of hydrogen-bond acceptors (Lipinski definition) is 4. The second-order valence-corrected chi connectivity index (χ2v) is 5.28. The molecule has 2 atom stereocenters. The van der Waals surface area contributed by atoms with Crippen LogP contribution in [0.2, 0.25) is 0 Å². The van der Waals surface area contributed by atoms with E-state index < -0.39 is 5.41 Å². The van der Waals surface area contributed by atoms with Gasteiger partial charge in [-0.15, -0.1) is 0 Å². The van der Waals surface area contributed by atoms with Crippen molar-refractivity contribution < 1.29 is 19.0 Å². The fraction of sp³-hybridized carbons (Fsp3) is 0.533. The Morgan fingerprint density at radius 3 is 2.63 bits per heavy atom. The maximum Gasteiger partial charge on any atom is 0.316 e. The van der Waals surface area contributed by atoms with Gasteiger partial charge in [0.15, 0.2) is 11.5 Å². The molecule has 19 heavy (non-hydrogen) atoms. The molecule has 1 heterocycles. The van der Waals surface area contributed by atoms with Crippen LogP contribution >= 0.6 is 0 Å². The summed E-state index contributed by atoms with van der Waals surface area (Å²) in [4.78, 5) is 12.0. The summed E-state index contributed by atoms with van der Waals surface area (Å²) in [5, 5.41) is 0. The highest BCUT2D eigenvalue weighted by Gasteiger charge is 2.59. The Hall–Kier alpha value is -1.71. The number of hydrogen-bond donors (Lipinski definition) is 0. The first-order chi connectivity index (χ1) is 9.18. The van der Waals surface area contributed by atoms with Gasteiger partial charge < -0.3 is 14.2 Å². The Labute approximate surface area is 112 Å². The topological polar surface area (TPSA) is 44.8 Å². The van der Waals surface area contributed by atoms with Gasteiger partial charge in [-0.05, 0) is 30.0 Å². The van der Waals surface area contributed by atoms with Crippen molar-refractivity contribution in [3.63, 3.8) is 0 Å². The molecule has 0 amide bonds. The SMILES string of the molecule is COC(=O)C1(c2ccc3c(c2)OCCCO3)CC1C. The summed E-state index contributed by atoms with van der Waals surface area (Å²) in [6, 6.07) is 5.78. The molecular weight excluding hydrogens is 244 g/mol. The van der Waals surface area contributed by atoms with Crippen molar-refractivity contribution in [3.05, 3.63) is 23.8 Å². The van der Waals surface area contributed by atoms with E-state index in [4.69, 9.17) is 14.2 Å². The van der Waals surface area contributed by atoms with Crippen molar-refractivity contribution in [2.45, 2.75) is 25.2 Å². The summed E-state index contributed by atoms with van der Waals surface area (Å²) in [7, 11) is 1.44. The van der Waals surface area contributed by atoms with Gasteiger partial charge in [-0.1, -0.05) is 13.0 Å². The lowest BCUT2D eigenvalue weighted by molar-refractivity contribution is -0.144. The van der Waals surface area contributed by atoms with Gasteiger partial charge in [-0.25, -0.2) is 0 Å². The summed E-state index contributed by atoms with van der Waals surface area (Å²) in [6.07, 6.45) is 1.71. The quantitative estimate of drug-likeness (QED) is 0.767. The number of carbonyl (C=O) groups is 1. The minimum Gasteiger partial charge on any atom is -0.490 e. The summed E-state index contributed by atoms with van der Waals surface area (Å²) >= 11 is 0.